The van der Waals surface area contributed by atoms with Gasteiger partial charge in [-0.15, -0.1) is 24.0 Å². The average molecular weight is 395 g/mol. The molecule has 0 radical (unpaired) electrons. The van der Waals surface area contributed by atoms with E-state index in [0.29, 0.717) is 12.5 Å². The monoisotopic (exact) mass is 395 g/mol. The van der Waals surface area contributed by atoms with E-state index in [2.05, 4.69) is 29.5 Å². The summed E-state index contributed by atoms with van der Waals surface area (Å²) in [5.41, 5.74) is 0. The van der Waals surface area contributed by atoms with E-state index in [0.717, 1.165) is 37.8 Å². The van der Waals surface area contributed by atoms with Crippen LogP contribution in [0, 0.1) is 5.92 Å². The Morgan fingerprint density at radius 2 is 2.10 bits per heavy atom. The van der Waals surface area contributed by atoms with Crippen molar-refractivity contribution in [2.75, 3.05) is 33.4 Å². The fraction of sp³-hybridized carbons (Fsp3) is 0.643. The lowest BCUT2D eigenvalue weighted by Crippen LogP contribution is -2.40. The van der Waals surface area contributed by atoms with E-state index in [1.54, 1.807) is 13.4 Å². The number of aliphatic imine (C=N–C) groups is 1. The largest absolute Gasteiger partial charge is 0.469 e. The van der Waals surface area contributed by atoms with Gasteiger partial charge < -0.3 is 19.8 Å². The summed E-state index contributed by atoms with van der Waals surface area (Å²) in [6.45, 7) is 7.33. The second-order valence-corrected chi connectivity index (χ2v) is 4.76. The Morgan fingerprint density at radius 3 is 2.70 bits per heavy atom. The van der Waals surface area contributed by atoms with Gasteiger partial charge in [-0.1, -0.05) is 13.8 Å². The molecule has 0 aliphatic heterocycles. The van der Waals surface area contributed by atoms with E-state index in [-0.39, 0.29) is 24.0 Å². The highest BCUT2D eigenvalue weighted by Crippen LogP contribution is 1.99. The molecule has 0 unspecified atom stereocenters. The van der Waals surface area contributed by atoms with Gasteiger partial charge in [0.2, 0.25) is 0 Å². The van der Waals surface area contributed by atoms with Crippen molar-refractivity contribution in [3.8, 4) is 0 Å². The van der Waals surface area contributed by atoms with E-state index in [4.69, 9.17) is 9.15 Å². The van der Waals surface area contributed by atoms with Crippen LogP contribution in [0.15, 0.2) is 27.8 Å². The minimum atomic E-state index is 0. The molecule has 0 saturated heterocycles. The summed E-state index contributed by atoms with van der Waals surface area (Å²) in [5, 5.41) is 6.54. The number of nitrogens with zero attached hydrogens (tertiary/aromatic N) is 1. The van der Waals surface area contributed by atoms with Crippen LogP contribution in [0.2, 0.25) is 0 Å². The normalized spacial score (nSPS) is 11.3. The van der Waals surface area contributed by atoms with Gasteiger partial charge in [-0.05, 0) is 18.1 Å². The Kier molecular flexibility index (Phi) is 11.6. The molecule has 0 bridgehead atoms. The molecule has 0 spiro atoms. The fourth-order valence-corrected chi connectivity index (χ4v) is 1.48. The van der Waals surface area contributed by atoms with E-state index in [1.165, 1.54) is 0 Å². The smallest absolute Gasteiger partial charge is 0.191 e. The molecule has 1 rings (SSSR count). The molecule has 1 aromatic rings. The number of hydrogen-bond donors (Lipinski definition) is 2. The summed E-state index contributed by atoms with van der Waals surface area (Å²) < 4.78 is 10.3. The molecule has 1 aromatic heterocycles. The fourth-order valence-electron chi connectivity index (χ4n) is 1.48. The number of guanidine groups is 1. The highest BCUT2D eigenvalue weighted by atomic mass is 127. The first-order valence-corrected chi connectivity index (χ1v) is 6.76. The number of furan rings is 1. The molecule has 0 fully saturated rings. The van der Waals surface area contributed by atoms with Gasteiger partial charge in [-0.2, -0.15) is 0 Å². The zero-order valence-electron chi connectivity index (χ0n) is 12.5. The number of rotatable bonds is 8. The van der Waals surface area contributed by atoms with E-state index in [9.17, 15) is 0 Å². The highest BCUT2D eigenvalue weighted by Gasteiger charge is 2.00. The van der Waals surface area contributed by atoms with Crippen LogP contribution in [-0.2, 0) is 11.2 Å². The van der Waals surface area contributed by atoms with Gasteiger partial charge in [-0.3, -0.25) is 4.99 Å². The minimum Gasteiger partial charge on any atom is -0.469 e. The van der Waals surface area contributed by atoms with Crippen molar-refractivity contribution in [2.24, 2.45) is 10.9 Å². The Labute approximate surface area is 138 Å². The van der Waals surface area contributed by atoms with Crippen molar-refractivity contribution in [1.82, 2.24) is 10.6 Å². The summed E-state index contributed by atoms with van der Waals surface area (Å²) in [6.07, 6.45) is 2.54. The molecular formula is C14H26IN3O2. The molecule has 0 saturated carbocycles. The van der Waals surface area contributed by atoms with Crippen LogP contribution in [0.4, 0.5) is 0 Å². The third-order valence-corrected chi connectivity index (χ3v) is 2.46. The molecule has 116 valence electrons. The van der Waals surface area contributed by atoms with Crippen LogP contribution < -0.4 is 10.6 Å². The van der Waals surface area contributed by atoms with Crippen LogP contribution in [-0.4, -0.2) is 39.3 Å². The number of nitrogens with one attached hydrogen (secondary N) is 2. The molecule has 0 atom stereocenters. The van der Waals surface area contributed by atoms with Gasteiger partial charge in [-0.25, -0.2) is 0 Å². The summed E-state index contributed by atoms with van der Waals surface area (Å²) in [4.78, 5) is 4.52. The second kappa shape index (κ2) is 12.0. The topological polar surface area (TPSA) is 58.8 Å². The average Bonchev–Trinajstić information content (AvgIpc) is 2.88. The quantitative estimate of drug-likeness (QED) is 0.307. The maximum atomic E-state index is 5.29. The number of ether oxygens (including phenoxy) is 1. The van der Waals surface area contributed by atoms with Crippen molar-refractivity contribution in [1.29, 1.82) is 0 Å². The second-order valence-electron chi connectivity index (χ2n) is 4.76. The summed E-state index contributed by atoms with van der Waals surface area (Å²) in [5.74, 6) is 2.36. The van der Waals surface area contributed by atoms with Crippen LogP contribution in [0.5, 0.6) is 0 Å². The Morgan fingerprint density at radius 1 is 1.35 bits per heavy atom. The molecule has 5 nitrogen and oxygen atoms in total. The molecular weight excluding hydrogens is 369 g/mol. The molecule has 0 amide bonds. The Bertz CT molecular complexity index is 353. The number of halogens is 1. The molecule has 20 heavy (non-hydrogen) atoms. The molecule has 2 N–H and O–H groups in total. The summed E-state index contributed by atoms with van der Waals surface area (Å²) >= 11 is 0. The predicted molar refractivity (Wildman–Crippen MR) is 92.8 cm³/mol. The highest BCUT2D eigenvalue weighted by molar-refractivity contribution is 14.0. The first-order valence-electron chi connectivity index (χ1n) is 6.76. The molecule has 6 heteroatoms. The van der Waals surface area contributed by atoms with Crippen LogP contribution in [0.25, 0.3) is 0 Å². The van der Waals surface area contributed by atoms with Gasteiger partial charge in [0, 0.05) is 33.2 Å². The lowest BCUT2D eigenvalue weighted by molar-refractivity contribution is 0.203. The van der Waals surface area contributed by atoms with Gasteiger partial charge in [0.25, 0.3) is 0 Å². The summed E-state index contributed by atoms with van der Waals surface area (Å²) in [6, 6.07) is 3.88. The zero-order chi connectivity index (χ0) is 13.9. The van der Waals surface area contributed by atoms with Crippen molar-refractivity contribution in [3.63, 3.8) is 0 Å². The maximum absolute atomic E-state index is 5.29. The summed E-state index contributed by atoms with van der Waals surface area (Å²) in [7, 11) is 1.69. The van der Waals surface area contributed by atoms with Crippen molar-refractivity contribution < 1.29 is 9.15 Å². The number of methoxy groups -OCH3 is 1. The van der Waals surface area contributed by atoms with E-state index < -0.39 is 0 Å². The van der Waals surface area contributed by atoms with Crippen LogP contribution in [0.1, 0.15) is 19.6 Å². The Balaban J connectivity index is 0.00000361. The number of hydrogen-bond acceptors (Lipinski definition) is 3. The maximum Gasteiger partial charge on any atom is 0.191 e. The van der Waals surface area contributed by atoms with Crippen molar-refractivity contribution in [2.45, 2.75) is 20.3 Å². The predicted octanol–water partition coefficient (Wildman–Crippen LogP) is 2.28. The molecule has 1 heterocycles. The standard InChI is InChI=1S/C14H25N3O2.HI/c1-12(2)11-17-14(16-8-10-18-3)15-7-6-13-5-4-9-19-13;/h4-5,9,12H,6-8,10-11H2,1-3H3,(H2,15,16,17);1H. The lowest BCUT2D eigenvalue weighted by Gasteiger charge is -2.12. The van der Waals surface area contributed by atoms with Gasteiger partial charge in [0.05, 0.1) is 12.9 Å². The molecule has 0 aliphatic rings. The van der Waals surface area contributed by atoms with Crippen molar-refractivity contribution >= 4 is 29.9 Å². The van der Waals surface area contributed by atoms with Crippen molar-refractivity contribution in [3.05, 3.63) is 24.2 Å². The third-order valence-electron chi connectivity index (χ3n) is 2.46. The first kappa shape index (κ1) is 19.2. The SMILES string of the molecule is COCCNC(=NCC(C)C)NCCc1ccco1.I. The van der Waals surface area contributed by atoms with Crippen LogP contribution >= 0.6 is 24.0 Å². The van der Waals surface area contributed by atoms with Gasteiger partial charge >= 0.3 is 0 Å². The lowest BCUT2D eigenvalue weighted by atomic mass is 10.2. The van der Waals surface area contributed by atoms with E-state index in [1.807, 2.05) is 12.1 Å². The van der Waals surface area contributed by atoms with E-state index >= 15 is 0 Å². The first-order chi connectivity index (χ1) is 9.22. The minimum absolute atomic E-state index is 0. The third kappa shape index (κ3) is 9.19. The van der Waals surface area contributed by atoms with Gasteiger partial charge in [0.1, 0.15) is 5.76 Å². The Hall–Kier alpha value is -0.760. The zero-order valence-corrected chi connectivity index (χ0v) is 14.8. The molecule has 0 aliphatic carbocycles. The van der Waals surface area contributed by atoms with Gasteiger partial charge in [0.15, 0.2) is 5.96 Å². The molecule has 0 aromatic carbocycles. The van der Waals surface area contributed by atoms with Crippen LogP contribution in [0.3, 0.4) is 0 Å².